The van der Waals surface area contributed by atoms with Gasteiger partial charge in [-0.3, -0.25) is 4.79 Å². The zero-order valence-corrected chi connectivity index (χ0v) is 24.2. The number of Topliss-reactive ketones (excluding diaryl/α,β-unsaturated/α-hetero) is 1. The summed E-state index contributed by atoms with van der Waals surface area (Å²) in [5.74, 6) is 0.893. The highest BCUT2D eigenvalue weighted by Gasteiger charge is 2.43. The molecule has 2 aliphatic rings. The Balaban J connectivity index is 1.52. The number of ketones is 1. The number of aliphatic hydroxyl groups is 2. The van der Waals surface area contributed by atoms with E-state index in [1.165, 1.54) is 0 Å². The van der Waals surface area contributed by atoms with Crippen molar-refractivity contribution in [1.82, 2.24) is 9.71 Å². The lowest BCUT2D eigenvalue weighted by Crippen LogP contribution is -2.47. The predicted octanol–water partition coefficient (Wildman–Crippen LogP) is 4.34. The Kier molecular flexibility index (Phi) is 8.27. The molecule has 4 rings (SSSR count). The molecule has 0 amide bonds. The number of halogens is 1. The van der Waals surface area contributed by atoms with Crippen LogP contribution >= 0.6 is 11.6 Å². The molecule has 1 aliphatic heterocycles. The van der Waals surface area contributed by atoms with Gasteiger partial charge in [0.1, 0.15) is 18.0 Å². The minimum absolute atomic E-state index is 0.000748. The number of aliphatic hydroxyl groups excluding tert-OH is 1. The van der Waals surface area contributed by atoms with Crippen molar-refractivity contribution in [3.63, 3.8) is 0 Å². The first kappa shape index (κ1) is 29.0. The highest BCUT2D eigenvalue weighted by molar-refractivity contribution is 7.84. The maximum atomic E-state index is 13.1. The number of benzene rings is 1. The zero-order chi connectivity index (χ0) is 27.9. The Morgan fingerprint density at radius 1 is 1.29 bits per heavy atom. The van der Waals surface area contributed by atoms with E-state index in [0.29, 0.717) is 34.7 Å². The molecule has 0 bridgehead atoms. The molecule has 10 heteroatoms. The van der Waals surface area contributed by atoms with E-state index in [1.807, 2.05) is 33.8 Å². The van der Waals surface area contributed by atoms with Gasteiger partial charge in [0.15, 0.2) is 16.7 Å². The molecule has 38 heavy (non-hydrogen) atoms. The Bertz CT molecular complexity index is 1240. The number of fused-ring (bicyclic) bond motifs is 1. The van der Waals surface area contributed by atoms with E-state index in [0.717, 1.165) is 18.4 Å². The van der Waals surface area contributed by atoms with Gasteiger partial charge in [0.05, 0.1) is 33.1 Å². The largest absolute Gasteiger partial charge is 0.490 e. The van der Waals surface area contributed by atoms with Crippen molar-refractivity contribution in [3.05, 3.63) is 51.8 Å². The average Bonchev–Trinajstić information content (AvgIpc) is 3.59. The van der Waals surface area contributed by atoms with Gasteiger partial charge < -0.3 is 19.7 Å². The van der Waals surface area contributed by atoms with Crippen LogP contribution in [0.25, 0.3) is 0 Å². The quantitative estimate of drug-likeness (QED) is 0.274. The summed E-state index contributed by atoms with van der Waals surface area (Å²) < 4.78 is 27.3. The number of nitrogens with one attached hydrogen (secondary N) is 1. The monoisotopic (exact) mass is 564 g/mol. The second kappa shape index (κ2) is 10.8. The highest BCUT2D eigenvalue weighted by Crippen LogP contribution is 2.44. The Hall–Kier alpha value is -2.04. The molecule has 1 aliphatic carbocycles. The lowest BCUT2D eigenvalue weighted by molar-refractivity contribution is 0.0395. The summed E-state index contributed by atoms with van der Waals surface area (Å²) in [4.78, 5) is 17.5. The molecule has 1 saturated carbocycles. The molecular weight excluding hydrogens is 528 g/mol. The molecule has 0 saturated heterocycles. The van der Waals surface area contributed by atoms with Crippen molar-refractivity contribution in [3.8, 4) is 11.5 Å². The van der Waals surface area contributed by atoms with E-state index < -0.39 is 26.9 Å². The van der Waals surface area contributed by atoms with E-state index >= 15 is 0 Å². The van der Waals surface area contributed by atoms with E-state index in [-0.39, 0.29) is 43.1 Å². The molecule has 1 aromatic carbocycles. The lowest BCUT2D eigenvalue weighted by Gasteiger charge is -2.30. The summed E-state index contributed by atoms with van der Waals surface area (Å²) in [6.45, 7) is 9.33. The SMILES string of the molecule is CC(O)(CCC(=O)c1ccc(CCO)c(OC2CC2)c1)c1cc2c(c(Cl)n1)OCC2(C)NS(=O)C(C)(C)C. The van der Waals surface area contributed by atoms with Crippen LogP contribution in [0.15, 0.2) is 24.3 Å². The molecule has 3 atom stereocenters. The molecule has 0 spiro atoms. The van der Waals surface area contributed by atoms with Crippen molar-refractivity contribution >= 4 is 28.4 Å². The average molecular weight is 565 g/mol. The number of hydrogen-bond donors (Lipinski definition) is 3. The molecule has 3 N–H and O–H groups in total. The lowest BCUT2D eigenvalue weighted by atomic mass is 9.89. The molecule has 208 valence electrons. The van der Waals surface area contributed by atoms with E-state index in [9.17, 15) is 19.2 Å². The van der Waals surface area contributed by atoms with Gasteiger partial charge in [-0.05, 0) is 78.0 Å². The minimum atomic E-state index is -1.45. The number of carbonyl (C=O) groups is 1. The molecule has 1 aromatic heterocycles. The van der Waals surface area contributed by atoms with Crippen LogP contribution in [0.2, 0.25) is 5.15 Å². The van der Waals surface area contributed by atoms with Crippen molar-refractivity contribution in [1.29, 1.82) is 0 Å². The summed E-state index contributed by atoms with van der Waals surface area (Å²) in [7, 11) is -1.37. The van der Waals surface area contributed by atoms with Crippen molar-refractivity contribution in [2.75, 3.05) is 13.2 Å². The smallest absolute Gasteiger partial charge is 0.171 e. The Labute approximate surface area is 231 Å². The van der Waals surface area contributed by atoms with Gasteiger partial charge in [-0.25, -0.2) is 13.9 Å². The molecule has 0 radical (unpaired) electrons. The Morgan fingerprint density at radius 2 is 2.00 bits per heavy atom. The standard InChI is InChI=1S/C28H37ClN2O6S/c1-26(2,3)38(35)31-27(4)16-36-24-20(27)15-23(30-25(24)29)28(5,34)12-10-21(33)18-7-6-17(11-13-32)22(14-18)37-19-8-9-19/h6-7,14-15,19,31-32,34H,8-13,16H2,1-5H3. The zero-order valence-electron chi connectivity index (χ0n) is 22.6. The molecule has 1 fully saturated rings. The number of carbonyl (C=O) groups excluding carboxylic acids is 1. The molecule has 2 aromatic rings. The second-order valence-corrected chi connectivity index (χ2v) is 13.9. The summed E-state index contributed by atoms with van der Waals surface area (Å²) in [6.07, 6.45) is 2.79. The topological polar surface area (TPSA) is 118 Å². The fraction of sp³-hybridized carbons (Fsp3) is 0.571. The van der Waals surface area contributed by atoms with Gasteiger partial charge in [0.2, 0.25) is 0 Å². The van der Waals surface area contributed by atoms with E-state index in [1.54, 1.807) is 25.1 Å². The van der Waals surface area contributed by atoms with Gasteiger partial charge in [-0.2, -0.15) is 0 Å². The number of pyridine rings is 1. The fourth-order valence-electron chi connectivity index (χ4n) is 4.22. The van der Waals surface area contributed by atoms with Crippen molar-refractivity contribution < 1.29 is 28.7 Å². The third-order valence-corrected chi connectivity index (χ3v) is 8.89. The van der Waals surface area contributed by atoms with Crippen LogP contribution in [0.1, 0.15) is 87.5 Å². The van der Waals surface area contributed by atoms with Crippen LogP contribution in [0.5, 0.6) is 11.5 Å². The first-order valence-electron chi connectivity index (χ1n) is 12.9. The van der Waals surface area contributed by atoms with E-state index in [2.05, 4.69) is 9.71 Å². The van der Waals surface area contributed by atoms with Gasteiger partial charge in [0, 0.05) is 24.2 Å². The maximum absolute atomic E-state index is 13.1. The van der Waals surface area contributed by atoms with E-state index in [4.69, 9.17) is 21.1 Å². The highest BCUT2D eigenvalue weighted by atomic mass is 35.5. The maximum Gasteiger partial charge on any atom is 0.171 e. The first-order valence-corrected chi connectivity index (χ1v) is 14.5. The number of aromatic nitrogens is 1. The number of rotatable bonds is 11. The third kappa shape index (κ3) is 6.39. The van der Waals surface area contributed by atoms with Crippen molar-refractivity contribution in [2.45, 2.75) is 88.7 Å². The number of hydrogen-bond acceptors (Lipinski definition) is 7. The van der Waals surface area contributed by atoms with Gasteiger partial charge in [-0.15, -0.1) is 0 Å². The van der Waals surface area contributed by atoms with Crippen LogP contribution in [0.4, 0.5) is 0 Å². The van der Waals surface area contributed by atoms with Crippen LogP contribution in [0, 0.1) is 0 Å². The van der Waals surface area contributed by atoms with Gasteiger partial charge in [-0.1, -0.05) is 23.7 Å². The molecular formula is C28H37ClN2O6S. The fourth-order valence-corrected chi connectivity index (χ4v) is 5.35. The normalized spacial score (nSPS) is 21.4. The summed E-state index contributed by atoms with van der Waals surface area (Å²) in [6, 6.07) is 7.00. The molecule has 3 unspecified atom stereocenters. The summed E-state index contributed by atoms with van der Waals surface area (Å²) in [5, 5.41) is 20.8. The molecule has 2 heterocycles. The first-order chi connectivity index (χ1) is 17.7. The van der Waals surface area contributed by atoms with Crippen molar-refractivity contribution in [2.24, 2.45) is 0 Å². The summed E-state index contributed by atoms with van der Waals surface area (Å²) >= 11 is 6.45. The number of ether oxygens (including phenoxy) is 2. The Morgan fingerprint density at radius 3 is 2.63 bits per heavy atom. The minimum Gasteiger partial charge on any atom is -0.490 e. The third-order valence-electron chi connectivity index (χ3n) is 6.88. The van der Waals surface area contributed by atoms with Crippen LogP contribution in [0.3, 0.4) is 0 Å². The number of nitrogens with zero attached hydrogens (tertiary/aromatic N) is 1. The van der Waals surface area contributed by atoms with Crippen LogP contribution in [-0.4, -0.2) is 49.3 Å². The molecule has 8 nitrogen and oxygen atoms in total. The second-order valence-electron chi connectivity index (χ2n) is 11.6. The van der Waals surface area contributed by atoms with Crippen LogP contribution in [-0.2, 0) is 28.5 Å². The van der Waals surface area contributed by atoms with Crippen LogP contribution < -0.4 is 14.2 Å². The predicted molar refractivity (Wildman–Crippen MR) is 147 cm³/mol. The summed E-state index contributed by atoms with van der Waals surface area (Å²) in [5.41, 5.74) is 0.0856. The van der Waals surface area contributed by atoms with Gasteiger partial charge >= 0.3 is 0 Å². The van der Waals surface area contributed by atoms with Gasteiger partial charge in [0.25, 0.3) is 0 Å².